The maximum Gasteiger partial charge on any atom is 0.348 e. The molecule has 1 aromatic carbocycles. The zero-order valence-electron chi connectivity index (χ0n) is 14.2. The Morgan fingerprint density at radius 2 is 1.89 bits per heavy atom. The highest BCUT2D eigenvalue weighted by atomic mass is 79.9. The first kappa shape index (κ1) is 19.9. The number of amides is 1. The molecule has 2 N–H and O–H groups in total. The quantitative estimate of drug-likeness (QED) is 0.398. The third-order valence-corrected chi connectivity index (χ3v) is 6.70. The number of carbonyl (C=O) groups is 2. The maximum atomic E-state index is 12.4. The number of rotatable bonds is 6. The molecule has 1 amide bonds. The molecule has 140 valence electrons. The van der Waals surface area contributed by atoms with Gasteiger partial charge in [-0.2, -0.15) is 0 Å². The zero-order valence-corrected chi connectivity index (χ0v) is 18.2. The number of hydrogen-bond donors (Lipinski definition) is 2. The molecule has 0 saturated carbocycles. The predicted octanol–water partition coefficient (Wildman–Crippen LogP) is 6.44. The number of hydrogen-bond acceptors (Lipinski definition) is 4. The molecule has 0 fully saturated rings. The standard InChI is InChI=1S/C19H15Br2NO4S/c1-2-3-10-4-6-11(7-5-10)15-9-13(16(27-15)19(24)25)22-18(23)14-8-12(20)17(21)26-14/h4-9H,2-3H2,1H3,(H,22,23)(H,24,25). The van der Waals surface area contributed by atoms with E-state index < -0.39 is 11.9 Å². The second-order valence-corrected chi connectivity index (χ2v) is 8.42. The van der Waals surface area contributed by atoms with E-state index in [0.717, 1.165) is 34.6 Å². The van der Waals surface area contributed by atoms with Crippen LogP contribution in [0.4, 0.5) is 5.69 Å². The van der Waals surface area contributed by atoms with Crippen molar-refractivity contribution >= 4 is 60.8 Å². The lowest BCUT2D eigenvalue weighted by Gasteiger charge is -2.02. The number of carboxylic acid groups (broad SMARTS) is 1. The minimum Gasteiger partial charge on any atom is -0.477 e. The molecule has 8 heteroatoms. The molecule has 0 aliphatic rings. The Bertz CT molecular complexity index is 972. The van der Waals surface area contributed by atoms with Crippen molar-refractivity contribution in [3.63, 3.8) is 0 Å². The Kier molecular flexibility index (Phi) is 6.18. The summed E-state index contributed by atoms with van der Waals surface area (Å²) in [6.07, 6.45) is 2.07. The fraction of sp³-hybridized carbons (Fsp3) is 0.158. The molecule has 0 unspecified atom stereocenters. The highest BCUT2D eigenvalue weighted by molar-refractivity contribution is 9.13. The van der Waals surface area contributed by atoms with Gasteiger partial charge < -0.3 is 14.8 Å². The van der Waals surface area contributed by atoms with Crippen molar-refractivity contribution in [1.82, 2.24) is 0 Å². The Hall–Kier alpha value is -1.90. The largest absolute Gasteiger partial charge is 0.477 e. The molecular formula is C19H15Br2NO4S. The summed E-state index contributed by atoms with van der Waals surface area (Å²) in [5, 5.41) is 12.1. The molecule has 0 aliphatic heterocycles. The topological polar surface area (TPSA) is 79.5 Å². The first-order valence-electron chi connectivity index (χ1n) is 8.11. The van der Waals surface area contributed by atoms with Crippen LogP contribution in [0.1, 0.15) is 39.1 Å². The summed E-state index contributed by atoms with van der Waals surface area (Å²) in [4.78, 5) is 24.8. The van der Waals surface area contributed by atoms with E-state index in [2.05, 4.69) is 44.1 Å². The summed E-state index contributed by atoms with van der Waals surface area (Å²) in [5.41, 5.74) is 2.39. The van der Waals surface area contributed by atoms with Crippen LogP contribution in [-0.4, -0.2) is 17.0 Å². The second-order valence-electron chi connectivity index (χ2n) is 5.79. The van der Waals surface area contributed by atoms with Gasteiger partial charge in [0.05, 0.1) is 10.2 Å². The summed E-state index contributed by atoms with van der Waals surface area (Å²) in [5.74, 6) is -1.54. The van der Waals surface area contributed by atoms with Crippen molar-refractivity contribution in [1.29, 1.82) is 0 Å². The number of furan rings is 1. The highest BCUT2D eigenvalue weighted by Gasteiger charge is 2.21. The van der Waals surface area contributed by atoms with Crippen molar-refractivity contribution in [3.8, 4) is 10.4 Å². The van der Waals surface area contributed by atoms with Crippen LogP contribution in [0.15, 0.2) is 50.0 Å². The van der Waals surface area contributed by atoms with E-state index in [1.165, 1.54) is 11.6 Å². The number of aromatic carboxylic acids is 1. The van der Waals surface area contributed by atoms with Crippen LogP contribution in [0, 0.1) is 0 Å². The van der Waals surface area contributed by atoms with Crippen molar-refractivity contribution in [3.05, 3.63) is 61.7 Å². The molecule has 3 rings (SSSR count). The van der Waals surface area contributed by atoms with Crippen LogP contribution in [-0.2, 0) is 6.42 Å². The second kappa shape index (κ2) is 8.41. The fourth-order valence-electron chi connectivity index (χ4n) is 2.55. The number of carbonyl (C=O) groups excluding carboxylic acids is 1. The number of benzene rings is 1. The van der Waals surface area contributed by atoms with E-state index in [1.807, 2.05) is 24.3 Å². The van der Waals surface area contributed by atoms with Gasteiger partial charge in [0, 0.05) is 10.9 Å². The lowest BCUT2D eigenvalue weighted by atomic mass is 10.1. The summed E-state index contributed by atoms with van der Waals surface area (Å²) in [6, 6.07) is 11.2. The Labute approximate surface area is 176 Å². The molecule has 3 aromatic rings. The molecule has 0 saturated heterocycles. The van der Waals surface area contributed by atoms with Gasteiger partial charge in [-0.15, -0.1) is 11.3 Å². The number of aryl methyl sites for hydroxylation is 1. The molecule has 0 aliphatic carbocycles. The van der Waals surface area contributed by atoms with E-state index >= 15 is 0 Å². The third kappa shape index (κ3) is 4.51. The molecule has 0 radical (unpaired) electrons. The van der Waals surface area contributed by atoms with Crippen LogP contribution in [0.3, 0.4) is 0 Å². The summed E-state index contributed by atoms with van der Waals surface area (Å²) in [7, 11) is 0. The summed E-state index contributed by atoms with van der Waals surface area (Å²) < 4.78 is 6.28. The van der Waals surface area contributed by atoms with Gasteiger partial charge in [0.25, 0.3) is 5.91 Å². The van der Waals surface area contributed by atoms with Gasteiger partial charge >= 0.3 is 5.97 Å². The fourth-order valence-corrected chi connectivity index (χ4v) is 4.09. The van der Waals surface area contributed by atoms with Crippen LogP contribution >= 0.6 is 43.2 Å². The van der Waals surface area contributed by atoms with Gasteiger partial charge in [-0.3, -0.25) is 4.79 Å². The summed E-state index contributed by atoms with van der Waals surface area (Å²) >= 11 is 7.54. The molecule has 2 heterocycles. The lowest BCUT2D eigenvalue weighted by Crippen LogP contribution is -2.12. The van der Waals surface area contributed by atoms with Crippen LogP contribution in [0.5, 0.6) is 0 Å². The zero-order chi connectivity index (χ0) is 19.6. The Morgan fingerprint density at radius 3 is 2.44 bits per heavy atom. The van der Waals surface area contributed by atoms with Gasteiger partial charge in [0.15, 0.2) is 10.4 Å². The number of anilines is 1. The number of halogens is 2. The van der Waals surface area contributed by atoms with E-state index in [9.17, 15) is 14.7 Å². The minimum absolute atomic E-state index is 0.0701. The van der Waals surface area contributed by atoms with Crippen LogP contribution in [0.2, 0.25) is 0 Å². The highest BCUT2D eigenvalue weighted by Crippen LogP contribution is 2.36. The van der Waals surface area contributed by atoms with Crippen molar-refractivity contribution in [2.24, 2.45) is 0 Å². The van der Waals surface area contributed by atoms with Crippen molar-refractivity contribution in [2.45, 2.75) is 19.8 Å². The monoisotopic (exact) mass is 511 g/mol. The number of thiophene rings is 1. The average Bonchev–Trinajstić information content (AvgIpc) is 3.20. The summed E-state index contributed by atoms with van der Waals surface area (Å²) in [6.45, 7) is 2.12. The van der Waals surface area contributed by atoms with Crippen LogP contribution < -0.4 is 5.32 Å². The normalized spacial score (nSPS) is 10.8. The van der Waals surface area contributed by atoms with Gasteiger partial charge in [-0.1, -0.05) is 37.6 Å². The molecule has 2 aromatic heterocycles. The first-order chi connectivity index (χ1) is 12.9. The Morgan fingerprint density at radius 1 is 1.19 bits per heavy atom. The average molecular weight is 513 g/mol. The van der Waals surface area contributed by atoms with Gasteiger partial charge in [0.2, 0.25) is 0 Å². The molecule has 5 nitrogen and oxygen atoms in total. The van der Waals surface area contributed by atoms with Gasteiger partial charge in [-0.05, 0) is 55.5 Å². The molecule has 0 bridgehead atoms. The van der Waals surface area contributed by atoms with E-state index in [-0.39, 0.29) is 16.3 Å². The van der Waals surface area contributed by atoms with Gasteiger partial charge in [-0.25, -0.2) is 4.79 Å². The number of nitrogens with one attached hydrogen (secondary N) is 1. The minimum atomic E-state index is -1.09. The SMILES string of the molecule is CCCc1ccc(-c2cc(NC(=O)c3cc(Br)c(Br)o3)c(C(=O)O)s2)cc1. The van der Waals surface area contributed by atoms with Gasteiger partial charge in [0.1, 0.15) is 4.88 Å². The first-order valence-corrected chi connectivity index (χ1v) is 10.5. The predicted molar refractivity (Wildman–Crippen MR) is 113 cm³/mol. The lowest BCUT2D eigenvalue weighted by molar-refractivity contribution is 0.0703. The molecular weight excluding hydrogens is 498 g/mol. The van der Waals surface area contributed by atoms with E-state index in [1.54, 1.807) is 6.07 Å². The Balaban J connectivity index is 1.89. The third-order valence-electron chi connectivity index (χ3n) is 3.82. The van der Waals surface area contributed by atoms with Crippen molar-refractivity contribution in [2.75, 3.05) is 5.32 Å². The van der Waals surface area contributed by atoms with Crippen molar-refractivity contribution < 1.29 is 19.1 Å². The molecule has 0 atom stereocenters. The molecule has 0 spiro atoms. The molecule has 27 heavy (non-hydrogen) atoms. The smallest absolute Gasteiger partial charge is 0.348 e. The van der Waals surface area contributed by atoms with Crippen LogP contribution in [0.25, 0.3) is 10.4 Å². The maximum absolute atomic E-state index is 12.4. The van der Waals surface area contributed by atoms with E-state index in [0.29, 0.717) is 9.14 Å². The van der Waals surface area contributed by atoms with E-state index in [4.69, 9.17) is 4.42 Å². The number of carboxylic acids is 1.